The van der Waals surface area contributed by atoms with Crippen molar-refractivity contribution in [3.8, 4) is 11.4 Å². The third kappa shape index (κ3) is 1.50. The fourth-order valence-corrected chi connectivity index (χ4v) is 1.81. The van der Waals surface area contributed by atoms with Crippen molar-refractivity contribution in [1.82, 2.24) is 9.78 Å². The minimum absolute atomic E-state index is 0.291. The van der Waals surface area contributed by atoms with Crippen LogP contribution in [-0.2, 0) is 0 Å². The van der Waals surface area contributed by atoms with Crippen LogP contribution in [0.2, 0.25) is 0 Å². The second-order valence-corrected chi connectivity index (χ2v) is 3.96. The Morgan fingerprint density at radius 2 is 1.87 bits per heavy atom. The molecule has 0 unspecified atom stereocenters. The maximum Gasteiger partial charge on any atom is 0.115 e. The Labute approximate surface area is 88.0 Å². The SMILES string of the molecule is Oc1ccc(-n2nccc2C2CC2)cc1. The van der Waals surface area contributed by atoms with Gasteiger partial charge < -0.3 is 5.11 Å². The maximum atomic E-state index is 9.22. The van der Waals surface area contributed by atoms with Gasteiger partial charge in [0.05, 0.1) is 5.69 Å². The van der Waals surface area contributed by atoms with E-state index in [0.29, 0.717) is 11.7 Å². The first-order chi connectivity index (χ1) is 7.34. The predicted molar refractivity (Wildman–Crippen MR) is 57.2 cm³/mol. The molecule has 0 radical (unpaired) electrons. The van der Waals surface area contributed by atoms with Crippen LogP contribution in [0.1, 0.15) is 24.5 Å². The number of aromatic nitrogens is 2. The molecule has 1 saturated carbocycles. The van der Waals surface area contributed by atoms with Crippen LogP contribution in [0.3, 0.4) is 0 Å². The highest BCUT2D eigenvalue weighted by molar-refractivity contribution is 5.38. The Kier molecular flexibility index (Phi) is 1.78. The normalized spacial score (nSPS) is 15.5. The molecule has 0 saturated heterocycles. The van der Waals surface area contributed by atoms with E-state index in [1.165, 1.54) is 18.5 Å². The third-order valence-electron chi connectivity index (χ3n) is 2.76. The zero-order valence-electron chi connectivity index (χ0n) is 8.30. The van der Waals surface area contributed by atoms with Crippen LogP contribution in [0.4, 0.5) is 0 Å². The highest BCUT2D eigenvalue weighted by Gasteiger charge is 2.27. The van der Waals surface area contributed by atoms with Crippen LogP contribution < -0.4 is 0 Å². The lowest BCUT2D eigenvalue weighted by Crippen LogP contribution is -2.00. The molecule has 1 N–H and O–H groups in total. The minimum atomic E-state index is 0.291. The summed E-state index contributed by atoms with van der Waals surface area (Å²) in [4.78, 5) is 0. The second kappa shape index (κ2) is 3.12. The molecule has 0 spiro atoms. The minimum Gasteiger partial charge on any atom is -0.508 e. The first kappa shape index (κ1) is 8.53. The van der Waals surface area contributed by atoms with Gasteiger partial charge in [0, 0.05) is 17.8 Å². The number of aromatic hydroxyl groups is 1. The monoisotopic (exact) mass is 200 g/mol. The lowest BCUT2D eigenvalue weighted by molar-refractivity contribution is 0.475. The van der Waals surface area contributed by atoms with E-state index < -0.39 is 0 Å². The summed E-state index contributed by atoms with van der Waals surface area (Å²) >= 11 is 0. The van der Waals surface area contributed by atoms with Gasteiger partial charge in [0.1, 0.15) is 5.75 Å². The highest BCUT2D eigenvalue weighted by atomic mass is 16.3. The number of benzene rings is 1. The summed E-state index contributed by atoms with van der Waals surface area (Å²) in [5.41, 5.74) is 2.29. The van der Waals surface area contributed by atoms with Gasteiger partial charge in [-0.25, -0.2) is 4.68 Å². The summed E-state index contributed by atoms with van der Waals surface area (Å²) in [6, 6.07) is 9.22. The van der Waals surface area contributed by atoms with Crippen LogP contribution in [-0.4, -0.2) is 14.9 Å². The van der Waals surface area contributed by atoms with E-state index in [-0.39, 0.29) is 0 Å². The molecule has 76 valence electrons. The lowest BCUT2D eigenvalue weighted by Gasteiger charge is -2.06. The van der Waals surface area contributed by atoms with Gasteiger partial charge in [-0.1, -0.05) is 0 Å². The molecule has 3 nitrogen and oxygen atoms in total. The Morgan fingerprint density at radius 1 is 1.13 bits per heavy atom. The van der Waals surface area contributed by atoms with Crippen molar-refractivity contribution in [2.24, 2.45) is 0 Å². The number of hydrogen-bond acceptors (Lipinski definition) is 2. The summed E-state index contributed by atoms with van der Waals surface area (Å²) < 4.78 is 1.96. The van der Waals surface area contributed by atoms with Gasteiger partial charge in [0.2, 0.25) is 0 Å². The zero-order valence-corrected chi connectivity index (χ0v) is 8.30. The van der Waals surface area contributed by atoms with Gasteiger partial charge in [0.25, 0.3) is 0 Å². The topological polar surface area (TPSA) is 38.0 Å². The maximum absolute atomic E-state index is 9.22. The number of rotatable bonds is 2. The number of phenolic OH excluding ortho intramolecular Hbond substituents is 1. The standard InChI is InChI=1S/C12H12N2O/c15-11-5-3-10(4-6-11)14-12(7-8-13-14)9-1-2-9/h3-9,15H,1-2H2. The molecule has 1 aromatic carbocycles. The average molecular weight is 200 g/mol. The second-order valence-electron chi connectivity index (χ2n) is 3.96. The van der Waals surface area contributed by atoms with E-state index in [2.05, 4.69) is 11.2 Å². The van der Waals surface area contributed by atoms with Gasteiger partial charge in [-0.15, -0.1) is 0 Å². The Balaban J connectivity index is 2.04. The van der Waals surface area contributed by atoms with Crippen LogP contribution in [0.25, 0.3) is 5.69 Å². The zero-order chi connectivity index (χ0) is 10.3. The molecular weight excluding hydrogens is 188 g/mol. The molecule has 3 rings (SSSR count). The van der Waals surface area contributed by atoms with Crippen molar-refractivity contribution in [1.29, 1.82) is 0 Å². The summed E-state index contributed by atoms with van der Waals surface area (Å²) in [5.74, 6) is 0.972. The van der Waals surface area contributed by atoms with Crippen molar-refractivity contribution in [2.45, 2.75) is 18.8 Å². The number of phenols is 1. The van der Waals surface area contributed by atoms with Crippen LogP contribution >= 0.6 is 0 Å². The quantitative estimate of drug-likeness (QED) is 0.808. The van der Waals surface area contributed by atoms with Crippen molar-refractivity contribution in [3.63, 3.8) is 0 Å². The Hall–Kier alpha value is -1.77. The molecule has 1 heterocycles. The number of nitrogens with zero attached hydrogens (tertiary/aromatic N) is 2. The average Bonchev–Trinajstić information content (AvgIpc) is 2.98. The molecular formula is C12H12N2O. The van der Waals surface area contributed by atoms with E-state index in [9.17, 15) is 5.11 Å². The van der Waals surface area contributed by atoms with Crippen molar-refractivity contribution in [2.75, 3.05) is 0 Å². The summed E-state index contributed by atoms with van der Waals surface area (Å²) in [7, 11) is 0. The predicted octanol–water partition coefficient (Wildman–Crippen LogP) is 2.46. The van der Waals surface area contributed by atoms with E-state index >= 15 is 0 Å². The molecule has 1 aromatic heterocycles. The first-order valence-electron chi connectivity index (χ1n) is 5.18. The summed E-state index contributed by atoms with van der Waals surface area (Å²) in [6.07, 6.45) is 4.37. The molecule has 2 aromatic rings. The molecule has 0 aliphatic heterocycles. The molecule has 1 aliphatic rings. The number of hydrogen-bond donors (Lipinski definition) is 1. The molecule has 3 heteroatoms. The van der Waals surface area contributed by atoms with E-state index in [1.807, 2.05) is 23.0 Å². The van der Waals surface area contributed by atoms with Crippen molar-refractivity contribution in [3.05, 3.63) is 42.2 Å². The van der Waals surface area contributed by atoms with Gasteiger partial charge in [-0.2, -0.15) is 5.10 Å². The molecule has 0 bridgehead atoms. The van der Waals surface area contributed by atoms with Crippen LogP contribution in [0.5, 0.6) is 5.75 Å². The molecule has 0 amide bonds. The molecule has 0 atom stereocenters. The molecule has 1 aliphatic carbocycles. The van der Waals surface area contributed by atoms with Crippen LogP contribution in [0.15, 0.2) is 36.5 Å². The van der Waals surface area contributed by atoms with Crippen molar-refractivity contribution >= 4 is 0 Å². The van der Waals surface area contributed by atoms with E-state index in [0.717, 1.165) is 5.69 Å². The first-order valence-corrected chi connectivity index (χ1v) is 5.18. The summed E-state index contributed by atoms with van der Waals surface area (Å²) in [5, 5.41) is 13.5. The fourth-order valence-electron chi connectivity index (χ4n) is 1.81. The van der Waals surface area contributed by atoms with Gasteiger partial charge >= 0.3 is 0 Å². The van der Waals surface area contributed by atoms with E-state index in [4.69, 9.17) is 0 Å². The smallest absolute Gasteiger partial charge is 0.115 e. The van der Waals surface area contributed by atoms with Crippen molar-refractivity contribution < 1.29 is 5.11 Å². The van der Waals surface area contributed by atoms with E-state index in [1.54, 1.807) is 12.1 Å². The fraction of sp³-hybridized carbons (Fsp3) is 0.250. The van der Waals surface area contributed by atoms with Gasteiger partial charge in [-0.05, 0) is 43.2 Å². The summed E-state index contributed by atoms with van der Waals surface area (Å²) in [6.45, 7) is 0. The largest absolute Gasteiger partial charge is 0.508 e. The van der Waals surface area contributed by atoms with Gasteiger partial charge in [0.15, 0.2) is 0 Å². The molecule has 1 fully saturated rings. The Morgan fingerprint density at radius 3 is 2.53 bits per heavy atom. The van der Waals surface area contributed by atoms with Crippen LogP contribution in [0, 0.1) is 0 Å². The highest BCUT2D eigenvalue weighted by Crippen LogP contribution is 2.40. The Bertz CT molecular complexity index is 469. The molecule has 15 heavy (non-hydrogen) atoms. The third-order valence-corrected chi connectivity index (χ3v) is 2.76. The van der Waals surface area contributed by atoms with Gasteiger partial charge in [-0.3, -0.25) is 0 Å². The lowest BCUT2D eigenvalue weighted by atomic mass is 10.2.